The van der Waals surface area contributed by atoms with Crippen LogP contribution in [0.3, 0.4) is 0 Å². The zero-order valence-electron chi connectivity index (χ0n) is 14.2. The van der Waals surface area contributed by atoms with Gasteiger partial charge >= 0.3 is 6.03 Å². The minimum absolute atomic E-state index is 0.0932. The number of fused-ring (bicyclic) bond motifs is 1. The highest BCUT2D eigenvalue weighted by atomic mass is 35.5. The molecule has 0 radical (unpaired) electrons. The molecular formula is C17H15ClN4O4S. The summed E-state index contributed by atoms with van der Waals surface area (Å²) in [5.41, 5.74) is 0.152. The molecule has 3 aromatic rings. The Morgan fingerprint density at radius 3 is 2.85 bits per heavy atom. The third-order valence-corrected chi connectivity index (χ3v) is 4.80. The molecule has 8 nitrogen and oxygen atoms in total. The molecule has 0 fully saturated rings. The third-order valence-electron chi connectivity index (χ3n) is 3.59. The Kier molecular flexibility index (Phi) is 5.82. The Morgan fingerprint density at radius 2 is 2.15 bits per heavy atom. The van der Waals surface area contributed by atoms with Crippen LogP contribution in [0.4, 0.5) is 4.79 Å². The van der Waals surface area contributed by atoms with Gasteiger partial charge < -0.3 is 9.73 Å². The Morgan fingerprint density at radius 1 is 1.33 bits per heavy atom. The Balaban J connectivity index is 1.96. The van der Waals surface area contributed by atoms with Crippen LogP contribution in [-0.2, 0) is 11.3 Å². The molecule has 0 aliphatic carbocycles. The number of urea groups is 1. The molecule has 3 amide bonds. The maximum absolute atomic E-state index is 12.9. The fourth-order valence-electron chi connectivity index (χ4n) is 2.34. The van der Waals surface area contributed by atoms with Crippen molar-refractivity contribution in [2.24, 2.45) is 0 Å². The van der Waals surface area contributed by atoms with Crippen LogP contribution in [-0.4, -0.2) is 34.3 Å². The van der Waals surface area contributed by atoms with Crippen LogP contribution >= 0.6 is 23.4 Å². The first kappa shape index (κ1) is 19.0. The van der Waals surface area contributed by atoms with Gasteiger partial charge in [-0.1, -0.05) is 23.4 Å². The molecule has 140 valence electrons. The highest BCUT2D eigenvalue weighted by Gasteiger charge is 2.15. The molecule has 10 heteroatoms. The lowest BCUT2D eigenvalue weighted by Gasteiger charge is -2.12. The fraction of sp³-hybridized carbons (Fsp3) is 0.176. The normalized spacial score (nSPS) is 10.7. The van der Waals surface area contributed by atoms with Crippen molar-refractivity contribution in [1.82, 2.24) is 20.2 Å². The fourth-order valence-corrected chi connectivity index (χ4v) is 3.30. The summed E-state index contributed by atoms with van der Waals surface area (Å²) in [6.07, 6.45) is 1.51. The highest BCUT2D eigenvalue weighted by Crippen LogP contribution is 2.21. The average Bonchev–Trinajstić information content (AvgIpc) is 3.15. The number of hydrogen-bond donors (Lipinski definition) is 2. The molecule has 27 heavy (non-hydrogen) atoms. The number of halogens is 1. The van der Waals surface area contributed by atoms with E-state index < -0.39 is 11.9 Å². The van der Waals surface area contributed by atoms with E-state index in [4.69, 9.17) is 16.0 Å². The summed E-state index contributed by atoms with van der Waals surface area (Å²) in [5, 5.41) is 5.63. The highest BCUT2D eigenvalue weighted by molar-refractivity contribution is 7.99. The first-order valence-electron chi connectivity index (χ1n) is 7.85. The Hall–Kier alpha value is -2.78. The van der Waals surface area contributed by atoms with Gasteiger partial charge in [0.05, 0.1) is 29.5 Å². The molecule has 0 aliphatic rings. The van der Waals surface area contributed by atoms with E-state index in [-0.39, 0.29) is 17.9 Å². The number of imide groups is 1. The second kappa shape index (κ2) is 8.28. The molecular weight excluding hydrogens is 392 g/mol. The number of furan rings is 1. The standard InChI is InChI=1S/C17H15ClN4O4S/c1-19-16(25)21-14(23)9-27-17-20-13-7-10(18)4-5-12(13)15(24)22(17)8-11-3-2-6-26-11/h2-7H,8-9H2,1H3,(H2,19,21,23,25). The summed E-state index contributed by atoms with van der Waals surface area (Å²) in [4.78, 5) is 40.5. The van der Waals surface area contributed by atoms with Crippen molar-refractivity contribution in [3.8, 4) is 0 Å². The van der Waals surface area contributed by atoms with Crippen LogP contribution in [0.2, 0.25) is 5.02 Å². The van der Waals surface area contributed by atoms with Crippen molar-refractivity contribution >= 4 is 46.2 Å². The van der Waals surface area contributed by atoms with Gasteiger partial charge in [0.1, 0.15) is 5.76 Å². The number of hydrogen-bond acceptors (Lipinski definition) is 6. The topological polar surface area (TPSA) is 106 Å². The second-order valence-corrected chi connectivity index (χ2v) is 6.82. The quantitative estimate of drug-likeness (QED) is 0.497. The van der Waals surface area contributed by atoms with Crippen LogP contribution in [0.25, 0.3) is 10.9 Å². The summed E-state index contributed by atoms with van der Waals surface area (Å²) < 4.78 is 6.74. The lowest BCUT2D eigenvalue weighted by atomic mass is 10.2. The van der Waals surface area contributed by atoms with Crippen LogP contribution in [0.15, 0.2) is 51.0 Å². The summed E-state index contributed by atoms with van der Waals surface area (Å²) >= 11 is 7.04. The van der Waals surface area contributed by atoms with E-state index >= 15 is 0 Å². The number of carbonyl (C=O) groups excluding carboxylic acids is 2. The average molecular weight is 407 g/mol. The summed E-state index contributed by atoms with van der Waals surface area (Å²) in [6, 6.07) is 7.67. The van der Waals surface area contributed by atoms with E-state index in [1.54, 1.807) is 30.3 Å². The van der Waals surface area contributed by atoms with Gasteiger partial charge in [0.2, 0.25) is 5.91 Å². The van der Waals surface area contributed by atoms with Gasteiger partial charge in [-0.2, -0.15) is 0 Å². The van der Waals surface area contributed by atoms with Crippen molar-refractivity contribution < 1.29 is 14.0 Å². The van der Waals surface area contributed by atoms with E-state index in [2.05, 4.69) is 15.6 Å². The first-order valence-corrected chi connectivity index (χ1v) is 9.21. The number of aromatic nitrogens is 2. The molecule has 3 rings (SSSR count). The lowest BCUT2D eigenvalue weighted by molar-refractivity contribution is -0.117. The summed E-state index contributed by atoms with van der Waals surface area (Å²) in [7, 11) is 1.41. The van der Waals surface area contributed by atoms with Gasteiger partial charge in [-0.05, 0) is 30.3 Å². The van der Waals surface area contributed by atoms with Crippen molar-refractivity contribution in [1.29, 1.82) is 0 Å². The summed E-state index contributed by atoms with van der Waals surface area (Å²) in [6.45, 7) is 0.163. The van der Waals surface area contributed by atoms with E-state index in [0.29, 0.717) is 26.8 Å². The molecule has 0 saturated heterocycles. The number of carbonyl (C=O) groups is 2. The van der Waals surface area contributed by atoms with Crippen molar-refractivity contribution in [2.45, 2.75) is 11.7 Å². The molecule has 1 aromatic carbocycles. The zero-order valence-corrected chi connectivity index (χ0v) is 15.8. The largest absolute Gasteiger partial charge is 0.467 e. The predicted octanol–water partition coefficient (Wildman–Crippen LogP) is 2.24. The second-order valence-electron chi connectivity index (χ2n) is 5.44. The number of amides is 3. The summed E-state index contributed by atoms with van der Waals surface area (Å²) in [5.74, 6) is -0.0300. The molecule has 0 unspecified atom stereocenters. The minimum atomic E-state index is -0.605. The van der Waals surface area contributed by atoms with Gasteiger partial charge in [-0.15, -0.1) is 0 Å². The van der Waals surface area contributed by atoms with Gasteiger partial charge in [-0.25, -0.2) is 9.78 Å². The smallest absolute Gasteiger partial charge is 0.321 e. The molecule has 2 N–H and O–H groups in total. The maximum atomic E-state index is 12.9. The molecule has 0 spiro atoms. The van der Waals surface area contributed by atoms with Crippen molar-refractivity contribution in [3.05, 3.63) is 57.7 Å². The monoisotopic (exact) mass is 406 g/mol. The SMILES string of the molecule is CNC(=O)NC(=O)CSc1nc2cc(Cl)ccc2c(=O)n1Cc1ccco1. The lowest BCUT2D eigenvalue weighted by Crippen LogP contribution is -2.38. The number of rotatable bonds is 5. The van der Waals surface area contributed by atoms with E-state index in [1.807, 2.05) is 0 Å². The number of nitrogens with zero attached hydrogens (tertiary/aromatic N) is 2. The van der Waals surface area contributed by atoms with Crippen LogP contribution in [0.5, 0.6) is 0 Å². The maximum Gasteiger partial charge on any atom is 0.321 e. The predicted molar refractivity (Wildman–Crippen MR) is 102 cm³/mol. The van der Waals surface area contributed by atoms with E-state index in [0.717, 1.165) is 11.8 Å². The molecule has 0 aliphatic heterocycles. The Labute approximate surface area is 162 Å². The van der Waals surface area contributed by atoms with Gasteiger partial charge in [0.25, 0.3) is 5.56 Å². The van der Waals surface area contributed by atoms with Crippen LogP contribution < -0.4 is 16.2 Å². The minimum Gasteiger partial charge on any atom is -0.467 e. The van der Waals surface area contributed by atoms with E-state index in [9.17, 15) is 14.4 Å². The molecule has 2 aromatic heterocycles. The van der Waals surface area contributed by atoms with Gasteiger partial charge in [-0.3, -0.25) is 19.5 Å². The Bertz CT molecular complexity index is 1050. The number of nitrogens with one attached hydrogen (secondary N) is 2. The molecule has 2 heterocycles. The van der Waals surface area contributed by atoms with Crippen LogP contribution in [0.1, 0.15) is 5.76 Å². The van der Waals surface area contributed by atoms with Crippen LogP contribution in [0, 0.1) is 0 Å². The third kappa shape index (κ3) is 4.50. The van der Waals surface area contributed by atoms with Crippen molar-refractivity contribution in [3.63, 3.8) is 0 Å². The zero-order chi connectivity index (χ0) is 19.4. The van der Waals surface area contributed by atoms with E-state index in [1.165, 1.54) is 17.9 Å². The number of benzene rings is 1. The van der Waals surface area contributed by atoms with Crippen molar-refractivity contribution in [2.75, 3.05) is 12.8 Å². The number of thioether (sulfide) groups is 1. The van der Waals surface area contributed by atoms with Gasteiger partial charge in [0, 0.05) is 12.1 Å². The molecule has 0 bridgehead atoms. The first-order chi connectivity index (χ1) is 13.0. The molecule has 0 saturated carbocycles. The van der Waals surface area contributed by atoms with Gasteiger partial charge in [0.15, 0.2) is 5.16 Å². The molecule has 0 atom stereocenters.